The fourth-order valence-electron chi connectivity index (χ4n) is 1.39. The molecule has 0 aliphatic carbocycles. The van der Waals surface area contributed by atoms with E-state index < -0.39 is 47.7 Å². The van der Waals surface area contributed by atoms with Crippen molar-refractivity contribution in [2.24, 2.45) is 20.0 Å². The molecule has 0 aromatic heterocycles. The summed E-state index contributed by atoms with van der Waals surface area (Å²) in [4.78, 5) is 13.4. The smallest absolute Gasteiger partial charge is 0.869 e. The van der Waals surface area contributed by atoms with Gasteiger partial charge in [-0.3, -0.25) is 20.0 Å². The standard InChI is InChI=1S/2C10H10F6N2O2.Ce/c2*11-9(12,13)7(19)1-3-17-5-6-18-4-2-8(20)10(14,15)16;/h2*1-4,19-20H,5-6H2;/q;;+4/p-4/b2*7-1-,8-2-,17-3?,18-4?;. The SMILES string of the molecule is [Ce+4].[O-]/C(=C\C=NCCN=C/C=C(\[O-])C(F)(F)F)C(F)(F)F.[O-]/C(=C\C=NCCN=C/C=C(\[O-])C(F)(F)F)C(F)(F)F. The van der Waals surface area contributed by atoms with E-state index in [2.05, 4.69) is 20.0 Å². The van der Waals surface area contributed by atoms with Gasteiger partial charge < -0.3 is 20.4 Å². The molecule has 0 aliphatic rings. The average molecular weight is 744 g/mol. The third-order valence-corrected chi connectivity index (χ3v) is 3.16. The molecule has 0 radical (unpaired) electrons. The minimum Gasteiger partial charge on any atom is -0.869 e. The number of aliphatic imine (C=N–C) groups is 4. The van der Waals surface area contributed by atoms with Gasteiger partial charge in [0.25, 0.3) is 0 Å². The molecule has 0 fully saturated rings. The van der Waals surface area contributed by atoms with E-state index >= 15 is 0 Å². The van der Waals surface area contributed by atoms with Crippen LogP contribution in [0.1, 0.15) is 0 Å². The van der Waals surface area contributed by atoms with E-state index in [4.69, 9.17) is 0 Å². The van der Waals surface area contributed by atoms with Crippen LogP contribution in [0.5, 0.6) is 0 Å². The Morgan fingerprint density at radius 3 is 0.659 bits per heavy atom. The number of hydrogen-bond donors (Lipinski definition) is 0. The van der Waals surface area contributed by atoms with Gasteiger partial charge in [0.15, 0.2) is 0 Å². The molecule has 0 bridgehead atoms. The number of nitrogens with zero attached hydrogens (tertiary/aromatic N) is 4. The Hall–Kier alpha value is -2.62. The van der Waals surface area contributed by atoms with Crippen molar-refractivity contribution < 1.29 is 115 Å². The predicted octanol–water partition coefficient (Wildman–Crippen LogP) is 1.48. The number of alkyl halides is 12. The zero-order valence-electron chi connectivity index (χ0n) is 19.9. The number of rotatable bonds is 10. The van der Waals surface area contributed by atoms with E-state index in [-0.39, 0.29) is 92.2 Å². The third kappa shape index (κ3) is 24.9. The van der Waals surface area contributed by atoms with E-state index in [1.165, 1.54) is 0 Å². The van der Waals surface area contributed by atoms with E-state index in [0.29, 0.717) is 24.9 Å². The van der Waals surface area contributed by atoms with Crippen LogP contribution >= 0.6 is 0 Å². The second kappa shape index (κ2) is 20.3. The Balaban J connectivity index is -0.000000688. The average Bonchev–Trinajstić information content (AvgIpc) is 2.79. The van der Waals surface area contributed by atoms with Crippen molar-refractivity contribution in [3.05, 3.63) is 47.3 Å². The van der Waals surface area contributed by atoms with Gasteiger partial charge in [-0.05, 0) is 47.3 Å². The molecule has 8 nitrogen and oxygen atoms in total. The molecule has 0 amide bonds. The molecule has 0 rings (SSSR count). The number of halogens is 12. The Morgan fingerprint density at radius 1 is 0.390 bits per heavy atom. The first-order valence-electron chi connectivity index (χ1n) is 9.87. The van der Waals surface area contributed by atoms with Crippen molar-refractivity contribution in [3.63, 3.8) is 0 Å². The maximum absolute atomic E-state index is 11.7. The van der Waals surface area contributed by atoms with Crippen molar-refractivity contribution in [2.45, 2.75) is 24.7 Å². The van der Waals surface area contributed by atoms with E-state index in [1.807, 2.05) is 0 Å². The van der Waals surface area contributed by atoms with Crippen LogP contribution in [-0.4, -0.2) is 75.7 Å². The van der Waals surface area contributed by atoms with Crippen LogP contribution < -0.4 is 20.4 Å². The third-order valence-electron chi connectivity index (χ3n) is 3.16. The topological polar surface area (TPSA) is 142 Å². The summed E-state index contributed by atoms with van der Waals surface area (Å²) in [5, 5.41) is 41.3. The van der Waals surface area contributed by atoms with Gasteiger partial charge >= 0.3 is 66.5 Å². The van der Waals surface area contributed by atoms with Crippen molar-refractivity contribution >= 4 is 24.9 Å². The van der Waals surface area contributed by atoms with Crippen LogP contribution in [0.3, 0.4) is 0 Å². The normalized spacial score (nSPS) is 15.1. The largest absolute Gasteiger partial charge is 4.00 e. The molecular formula is C20H16CeF12N4O4. The van der Waals surface area contributed by atoms with Crippen LogP contribution in [0.15, 0.2) is 67.3 Å². The minimum atomic E-state index is -4.98. The van der Waals surface area contributed by atoms with E-state index in [1.54, 1.807) is 0 Å². The Kier molecular flexibility index (Phi) is 21.2. The molecule has 0 heterocycles. The van der Waals surface area contributed by atoms with Crippen molar-refractivity contribution in [1.82, 2.24) is 0 Å². The molecule has 0 saturated heterocycles. The summed E-state index contributed by atoms with van der Waals surface area (Å²) in [6, 6.07) is 0. The van der Waals surface area contributed by atoms with Crippen molar-refractivity contribution in [3.8, 4) is 0 Å². The summed E-state index contributed by atoms with van der Waals surface area (Å²) in [7, 11) is 0. The molecule has 41 heavy (non-hydrogen) atoms. The van der Waals surface area contributed by atoms with Gasteiger partial charge in [-0.15, -0.1) is 0 Å². The molecule has 21 heteroatoms. The fourth-order valence-corrected chi connectivity index (χ4v) is 1.39. The Bertz CT molecular complexity index is 848. The molecule has 0 atom stereocenters. The second-order valence-electron chi connectivity index (χ2n) is 6.34. The first-order chi connectivity index (χ1) is 18.1. The predicted molar refractivity (Wildman–Crippen MR) is 110 cm³/mol. The summed E-state index contributed by atoms with van der Waals surface area (Å²) >= 11 is 0. The molecule has 0 saturated carbocycles. The van der Waals surface area contributed by atoms with Crippen LogP contribution in [-0.2, 0) is 0 Å². The summed E-state index contributed by atoms with van der Waals surface area (Å²) in [5.74, 6) is -8.30. The monoisotopic (exact) mass is 744 g/mol. The summed E-state index contributed by atoms with van der Waals surface area (Å²) in [6.45, 7) is -0.587. The molecule has 0 aromatic rings. The maximum Gasteiger partial charge on any atom is 4.00 e. The number of allylic oxidation sites excluding steroid dienone is 8. The van der Waals surface area contributed by atoms with Crippen LogP contribution in [0.25, 0.3) is 0 Å². The maximum atomic E-state index is 11.7. The minimum absolute atomic E-state index is 0. The van der Waals surface area contributed by atoms with E-state index in [0.717, 1.165) is 0 Å². The van der Waals surface area contributed by atoms with Gasteiger partial charge in [0.1, 0.15) is 0 Å². The summed E-state index contributed by atoms with van der Waals surface area (Å²) in [6.07, 6.45) is -16.6. The van der Waals surface area contributed by atoms with Gasteiger partial charge in [0, 0.05) is 24.9 Å². The molecule has 0 spiro atoms. The van der Waals surface area contributed by atoms with Gasteiger partial charge in [0.05, 0.1) is 26.2 Å². The first-order valence-corrected chi connectivity index (χ1v) is 9.87. The summed E-state index contributed by atoms with van der Waals surface area (Å²) < 4.78 is 140. The van der Waals surface area contributed by atoms with E-state index in [9.17, 15) is 73.1 Å². The fraction of sp³-hybridized carbons (Fsp3) is 0.400. The number of hydrogen-bond acceptors (Lipinski definition) is 8. The molecule has 0 N–H and O–H groups in total. The van der Waals surface area contributed by atoms with Gasteiger partial charge in [0.2, 0.25) is 0 Å². The quantitative estimate of drug-likeness (QED) is 0.145. The molecule has 0 aliphatic heterocycles. The zero-order chi connectivity index (χ0) is 31.6. The zero-order valence-corrected chi connectivity index (χ0v) is 23.0. The Labute approximate surface area is 257 Å². The van der Waals surface area contributed by atoms with Crippen molar-refractivity contribution in [1.29, 1.82) is 0 Å². The molecule has 0 aromatic carbocycles. The van der Waals surface area contributed by atoms with Gasteiger partial charge in [-0.1, -0.05) is 0 Å². The molecule has 228 valence electrons. The Morgan fingerprint density at radius 2 is 0.537 bits per heavy atom. The first kappa shape index (κ1) is 42.8. The van der Waals surface area contributed by atoms with Gasteiger partial charge in [-0.2, -0.15) is 52.7 Å². The molecular weight excluding hydrogens is 728 g/mol. The second-order valence-corrected chi connectivity index (χ2v) is 6.34. The van der Waals surface area contributed by atoms with Crippen LogP contribution in [0.2, 0.25) is 0 Å². The van der Waals surface area contributed by atoms with Gasteiger partial charge in [-0.25, -0.2) is 0 Å². The van der Waals surface area contributed by atoms with Crippen LogP contribution in [0, 0.1) is 41.7 Å². The molecule has 0 unspecified atom stereocenters. The van der Waals surface area contributed by atoms with Crippen molar-refractivity contribution in [2.75, 3.05) is 26.2 Å². The van der Waals surface area contributed by atoms with Crippen LogP contribution in [0.4, 0.5) is 52.7 Å². The summed E-state index contributed by atoms with van der Waals surface area (Å²) in [5.41, 5.74) is 0.